The number of anilines is 1. The second-order valence-corrected chi connectivity index (χ2v) is 13.9. The van der Waals surface area contributed by atoms with E-state index in [9.17, 15) is 19.2 Å². The van der Waals surface area contributed by atoms with Crippen LogP contribution in [-0.2, 0) is 39.0 Å². The number of fused-ring (bicyclic) bond motifs is 1. The third-order valence-electron chi connectivity index (χ3n) is 8.44. The number of benzene rings is 3. The van der Waals surface area contributed by atoms with E-state index in [1.54, 1.807) is 31.4 Å². The topological polar surface area (TPSA) is 172 Å². The summed E-state index contributed by atoms with van der Waals surface area (Å²) in [4.78, 5) is 65.5. The number of hydrogen-bond acceptors (Lipinski definition) is 13. The first kappa shape index (κ1) is 37.8. The summed E-state index contributed by atoms with van der Waals surface area (Å²) in [5.41, 5.74) is 7.38. The molecule has 0 spiro atoms. The molecule has 0 aliphatic carbocycles. The van der Waals surface area contributed by atoms with Crippen LogP contribution < -0.4 is 11.1 Å². The Labute approximate surface area is 319 Å². The molecule has 13 nitrogen and oxygen atoms in total. The molecule has 1 fully saturated rings. The number of thiazole rings is 1. The first-order valence-electron chi connectivity index (χ1n) is 17.0. The van der Waals surface area contributed by atoms with Gasteiger partial charge in [0.2, 0.25) is 11.9 Å². The van der Waals surface area contributed by atoms with Gasteiger partial charge in [0.15, 0.2) is 10.8 Å². The Morgan fingerprint density at radius 3 is 2.11 bits per heavy atom. The minimum Gasteiger partial charge on any atom is -0.435 e. The molecule has 278 valence electrons. The molecule has 2 unspecified atom stereocenters. The van der Waals surface area contributed by atoms with E-state index in [0.717, 1.165) is 28.0 Å². The minimum absolute atomic E-state index is 0.0190. The number of nitrogens with zero attached hydrogens (tertiary/aromatic N) is 3. The fourth-order valence-corrected chi connectivity index (χ4v) is 7.95. The van der Waals surface area contributed by atoms with Gasteiger partial charge in [-0.25, -0.2) is 14.6 Å². The largest absolute Gasteiger partial charge is 0.511 e. The van der Waals surface area contributed by atoms with Crippen molar-refractivity contribution in [2.45, 2.75) is 44.1 Å². The maximum Gasteiger partial charge on any atom is 0.511 e. The molecule has 2 aliphatic rings. The number of esters is 1. The lowest BCUT2D eigenvalue weighted by atomic mass is 9.80. The van der Waals surface area contributed by atoms with Crippen molar-refractivity contribution in [1.29, 1.82) is 0 Å². The lowest BCUT2D eigenvalue weighted by molar-refractivity contribution is -0.168. The van der Waals surface area contributed by atoms with E-state index >= 15 is 0 Å². The number of aromatic nitrogens is 1. The number of nitrogens with two attached hydrogens (primary N) is 1. The number of ether oxygens (including phenoxy) is 3. The monoisotopic (exact) mass is 767 g/mol. The van der Waals surface area contributed by atoms with Gasteiger partial charge in [-0.05, 0) is 19.4 Å². The molecule has 3 heterocycles. The maximum atomic E-state index is 14.2. The van der Waals surface area contributed by atoms with Gasteiger partial charge in [0.1, 0.15) is 22.8 Å². The highest BCUT2D eigenvalue weighted by atomic mass is 32.2. The van der Waals surface area contributed by atoms with Gasteiger partial charge in [0.25, 0.3) is 11.8 Å². The van der Waals surface area contributed by atoms with Crippen LogP contribution in [0.15, 0.2) is 125 Å². The number of thioether (sulfide) groups is 1. The lowest BCUT2D eigenvalue weighted by Gasteiger charge is -2.49. The molecular weight excluding hydrogens is 731 g/mol. The average Bonchev–Trinajstić information content (AvgIpc) is 3.61. The SMILES string of the molecule is C/C=C\C1=C(C(=O)OC(C)OC(=O)OCC)N2C(=O)C(NC(=O)/C(=N/OC(c3ccccc3)(c3ccccc3)c3ccccc3)c3csc(N)n3)[C@H]2SC1. The molecule has 0 radical (unpaired) electrons. The number of nitrogens with one attached hydrogen (secondary N) is 1. The molecule has 6 rings (SSSR count). The Hall–Kier alpha value is -5.93. The van der Waals surface area contributed by atoms with Gasteiger partial charge in [-0.2, -0.15) is 0 Å². The number of amides is 2. The van der Waals surface area contributed by atoms with E-state index < -0.39 is 47.2 Å². The Bertz CT molecular complexity index is 1990. The number of oxime groups is 1. The third kappa shape index (κ3) is 7.72. The third-order valence-corrected chi connectivity index (χ3v) is 10.4. The Morgan fingerprint density at radius 1 is 1.00 bits per heavy atom. The average molecular weight is 768 g/mol. The molecule has 2 amide bonds. The van der Waals surface area contributed by atoms with Gasteiger partial charge in [0, 0.05) is 34.7 Å². The molecule has 3 atom stereocenters. The standard InChI is InChI=1S/C39H37N5O8S2/c1-4-15-25-22-53-35-31(34(46)44(35)32(25)36(47)50-24(3)51-38(48)49-5-2)42-33(45)30(29-23-54-37(40)41-29)43-52-39(26-16-9-6-10-17-26,27-18-11-7-12-19-27)28-20-13-8-14-21-28/h4,6-21,23-24,31,35H,5,22H2,1-3H3,(H2,40,41)(H,42,45)/b15-4-,43-30+/t24?,31?,35-/m1/s1. The van der Waals surface area contributed by atoms with Crippen LogP contribution >= 0.6 is 23.1 Å². The van der Waals surface area contributed by atoms with Crippen LogP contribution in [-0.4, -0.2) is 69.6 Å². The van der Waals surface area contributed by atoms with Crippen LogP contribution in [0.1, 0.15) is 43.2 Å². The minimum atomic E-state index is -1.31. The zero-order valence-corrected chi connectivity index (χ0v) is 31.2. The van der Waals surface area contributed by atoms with Crippen molar-refractivity contribution in [1.82, 2.24) is 15.2 Å². The summed E-state index contributed by atoms with van der Waals surface area (Å²) in [6, 6.07) is 27.5. The van der Waals surface area contributed by atoms with Crippen LogP contribution in [0.2, 0.25) is 0 Å². The van der Waals surface area contributed by atoms with Crippen molar-refractivity contribution in [3.8, 4) is 0 Å². The van der Waals surface area contributed by atoms with Gasteiger partial charge in [0.05, 0.1) is 6.61 Å². The summed E-state index contributed by atoms with van der Waals surface area (Å²) in [6.45, 7) is 4.82. The van der Waals surface area contributed by atoms with Crippen LogP contribution in [0.25, 0.3) is 0 Å². The zero-order valence-electron chi connectivity index (χ0n) is 29.5. The Balaban J connectivity index is 1.32. The van der Waals surface area contributed by atoms with Crippen molar-refractivity contribution < 1.29 is 38.2 Å². The summed E-state index contributed by atoms with van der Waals surface area (Å²) in [5.74, 6) is -1.86. The summed E-state index contributed by atoms with van der Waals surface area (Å²) in [5, 5.41) is 8.43. The molecule has 15 heteroatoms. The normalized spacial score (nSPS) is 17.6. The van der Waals surface area contributed by atoms with Crippen molar-refractivity contribution in [3.63, 3.8) is 0 Å². The predicted molar refractivity (Wildman–Crippen MR) is 204 cm³/mol. The van der Waals surface area contributed by atoms with Gasteiger partial charge in [-0.1, -0.05) is 108 Å². The molecule has 3 N–H and O–H groups in total. The fourth-order valence-electron chi connectivity index (χ4n) is 6.08. The summed E-state index contributed by atoms with van der Waals surface area (Å²) in [7, 11) is 0. The zero-order chi connectivity index (χ0) is 38.2. The van der Waals surface area contributed by atoms with E-state index in [4.69, 9.17) is 24.8 Å². The van der Waals surface area contributed by atoms with E-state index in [-0.39, 0.29) is 28.8 Å². The van der Waals surface area contributed by atoms with Gasteiger partial charge in [-0.3, -0.25) is 14.5 Å². The van der Waals surface area contributed by atoms with Gasteiger partial charge >= 0.3 is 12.1 Å². The van der Waals surface area contributed by atoms with Crippen molar-refractivity contribution in [3.05, 3.63) is 142 Å². The van der Waals surface area contributed by atoms with Gasteiger partial charge in [-0.15, -0.1) is 23.1 Å². The fraction of sp³-hybridized carbons (Fsp3) is 0.231. The highest BCUT2D eigenvalue weighted by Gasteiger charge is 2.55. The van der Waals surface area contributed by atoms with Crippen LogP contribution in [0, 0.1) is 0 Å². The summed E-state index contributed by atoms with van der Waals surface area (Å²) in [6.07, 6.45) is 1.13. The molecule has 0 saturated carbocycles. The second-order valence-electron chi connectivity index (χ2n) is 11.9. The van der Waals surface area contributed by atoms with E-state index in [0.29, 0.717) is 11.3 Å². The highest BCUT2D eigenvalue weighted by molar-refractivity contribution is 8.00. The molecule has 1 saturated heterocycles. The van der Waals surface area contributed by atoms with Gasteiger partial charge < -0.3 is 30.1 Å². The summed E-state index contributed by atoms with van der Waals surface area (Å²) >= 11 is 2.47. The molecule has 54 heavy (non-hydrogen) atoms. The van der Waals surface area contributed by atoms with E-state index in [1.807, 2.05) is 91.0 Å². The number of β-lactam (4-membered cyclic amide) rings is 1. The molecule has 3 aromatic carbocycles. The molecule has 1 aromatic heterocycles. The molecule has 2 aliphatic heterocycles. The van der Waals surface area contributed by atoms with E-state index in [1.165, 1.54) is 23.6 Å². The lowest BCUT2D eigenvalue weighted by Crippen LogP contribution is -2.71. The Kier molecular flexibility index (Phi) is 11.8. The number of carbonyl (C=O) groups excluding carboxylic acids is 4. The number of rotatable bonds is 13. The number of hydrogen-bond donors (Lipinski definition) is 2. The van der Waals surface area contributed by atoms with E-state index in [2.05, 4.69) is 15.5 Å². The second kappa shape index (κ2) is 16.8. The molecule has 4 aromatic rings. The molecule has 0 bridgehead atoms. The van der Waals surface area contributed by atoms with Crippen LogP contribution in [0.3, 0.4) is 0 Å². The predicted octanol–water partition coefficient (Wildman–Crippen LogP) is 5.73. The Morgan fingerprint density at radius 2 is 1.59 bits per heavy atom. The number of nitrogen functional groups attached to an aromatic ring is 1. The first-order valence-corrected chi connectivity index (χ1v) is 18.9. The van der Waals surface area contributed by atoms with Crippen molar-refractivity contribution in [2.24, 2.45) is 5.16 Å². The summed E-state index contributed by atoms with van der Waals surface area (Å²) < 4.78 is 15.1. The van der Waals surface area contributed by atoms with Crippen LogP contribution in [0.4, 0.5) is 9.93 Å². The smallest absolute Gasteiger partial charge is 0.435 e. The number of carbonyl (C=O) groups is 4. The van der Waals surface area contributed by atoms with Crippen molar-refractivity contribution >= 4 is 57.9 Å². The molecular formula is C39H37N5O8S2. The van der Waals surface area contributed by atoms with Crippen LogP contribution in [0.5, 0.6) is 0 Å². The highest BCUT2D eigenvalue weighted by Crippen LogP contribution is 2.42. The maximum absolute atomic E-state index is 14.2. The number of allylic oxidation sites excluding steroid dienone is 2. The first-order chi connectivity index (χ1) is 26.2. The quantitative estimate of drug-likeness (QED) is 0.0425. The van der Waals surface area contributed by atoms with Crippen molar-refractivity contribution in [2.75, 3.05) is 18.1 Å².